The van der Waals surface area contributed by atoms with E-state index in [1.54, 1.807) is 7.05 Å². The summed E-state index contributed by atoms with van der Waals surface area (Å²) in [5.41, 5.74) is 0. The molecule has 0 amide bonds. The largest absolute Gasteiger partial charge is 0.378 e. The highest BCUT2D eigenvalue weighted by Crippen LogP contribution is 2.25. The van der Waals surface area contributed by atoms with E-state index in [4.69, 9.17) is 4.74 Å². The number of hydrogen-bond acceptors (Lipinski definition) is 2. The molecule has 1 rings (SSSR count). The smallest absolute Gasteiger partial charge is 0.190 e. The molecule has 0 bridgehead atoms. The van der Waals surface area contributed by atoms with Gasteiger partial charge in [-0.1, -0.05) is 13.8 Å². The van der Waals surface area contributed by atoms with Crippen LogP contribution in [0, 0.1) is 11.8 Å². The summed E-state index contributed by atoms with van der Waals surface area (Å²) in [5.74, 6) is 2.04. The Morgan fingerprint density at radius 3 is 2.81 bits per heavy atom. The van der Waals surface area contributed by atoms with E-state index in [1.807, 2.05) is 7.05 Å². The Bertz CT molecular complexity index is 228. The van der Waals surface area contributed by atoms with Crippen molar-refractivity contribution in [1.82, 2.24) is 10.6 Å². The lowest BCUT2D eigenvalue weighted by molar-refractivity contribution is -0.0505. The molecular formula is C12H25N3O. The minimum atomic E-state index is 0.385. The summed E-state index contributed by atoms with van der Waals surface area (Å²) in [4.78, 5) is 4.11. The third-order valence-corrected chi connectivity index (χ3v) is 3.14. The van der Waals surface area contributed by atoms with Gasteiger partial charge in [0, 0.05) is 33.2 Å². The number of ether oxygens (including phenoxy) is 1. The third-order valence-electron chi connectivity index (χ3n) is 3.14. The molecular weight excluding hydrogens is 202 g/mol. The Labute approximate surface area is 98.9 Å². The molecule has 1 aliphatic heterocycles. The van der Waals surface area contributed by atoms with Crippen LogP contribution in [0.25, 0.3) is 0 Å². The van der Waals surface area contributed by atoms with Crippen LogP contribution in [-0.4, -0.2) is 39.3 Å². The van der Waals surface area contributed by atoms with Gasteiger partial charge in [-0.15, -0.1) is 0 Å². The Hall–Kier alpha value is -0.770. The summed E-state index contributed by atoms with van der Waals surface area (Å²) in [6, 6.07) is 0. The highest BCUT2D eigenvalue weighted by molar-refractivity contribution is 5.79. The van der Waals surface area contributed by atoms with E-state index in [2.05, 4.69) is 29.5 Å². The van der Waals surface area contributed by atoms with Crippen LogP contribution in [-0.2, 0) is 4.74 Å². The zero-order valence-corrected chi connectivity index (χ0v) is 10.9. The fourth-order valence-electron chi connectivity index (χ4n) is 2.33. The molecule has 0 aliphatic carbocycles. The van der Waals surface area contributed by atoms with Crippen molar-refractivity contribution in [3.05, 3.63) is 0 Å². The lowest BCUT2D eigenvalue weighted by atomic mass is 9.87. The van der Waals surface area contributed by atoms with Crippen molar-refractivity contribution in [1.29, 1.82) is 0 Å². The lowest BCUT2D eigenvalue weighted by Crippen LogP contribution is -2.44. The van der Waals surface area contributed by atoms with Gasteiger partial charge in [-0.25, -0.2) is 0 Å². The van der Waals surface area contributed by atoms with Crippen molar-refractivity contribution < 1.29 is 4.74 Å². The Morgan fingerprint density at radius 2 is 2.25 bits per heavy atom. The van der Waals surface area contributed by atoms with Gasteiger partial charge in [0.25, 0.3) is 0 Å². The molecule has 0 spiro atoms. The predicted octanol–water partition coefficient (Wildman–Crippen LogP) is 1.23. The average Bonchev–Trinajstić information content (AvgIpc) is 2.30. The summed E-state index contributed by atoms with van der Waals surface area (Å²) in [6.07, 6.45) is 2.81. The highest BCUT2D eigenvalue weighted by atomic mass is 16.5. The maximum atomic E-state index is 5.85. The van der Waals surface area contributed by atoms with Crippen LogP contribution in [0.4, 0.5) is 0 Å². The Morgan fingerprint density at radius 1 is 1.50 bits per heavy atom. The van der Waals surface area contributed by atoms with Gasteiger partial charge in [-0.3, -0.25) is 4.99 Å². The fraction of sp³-hybridized carbons (Fsp3) is 0.917. The zero-order chi connectivity index (χ0) is 12.0. The second-order valence-electron chi connectivity index (χ2n) is 4.68. The minimum absolute atomic E-state index is 0.385. The fourth-order valence-corrected chi connectivity index (χ4v) is 2.33. The standard InChI is InChI=1S/C12H25N3O/c1-9(2)11-10(6-5-7-16-11)8-15-12(13-3)14-4/h9-11H,5-8H2,1-4H3,(H2,13,14,15). The Balaban J connectivity index is 2.44. The van der Waals surface area contributed by atoms with Gasteiger partial charge in [0.1, 0.15) is 0 Å². The molecule has 0 aromatic heterocycles. The number of nitrogens with zero attached hydrogens (tertiary/aromatic N) is 1. The SMILES string of the molecule is CN=C(NC)NCC1CCCOC1C(C)C. The molecule has 1 fully saturated rings. The first-order valence-corrected chi connectivity index (χ1v) is 6.19. The molecule has 1 saturated heterocycles. The third kappa shape index (κ3) is 3.67. The number of guanidine groups is 1. The molecule has 4 nitrogen and oxygen atoms in total. The number of rotatable bonds is 3. The van der Waals surface area contributed by atoms with Gasteiger partial charge in [0.2, 0.25) is 0 Å². The summed E-state index contributed by atoms with van der Waals surface area (Å²) in [5, 5.41) is 6.37. The lowest BCUT2D eigenvalue weighted by Gasteiger charge is -2.34. The summed E-state index contributed by atoms with van der Waals surface area (Å²) in [6.45, 7) is 6.32. The number of nitrogens with one attached hydrogen (secondary N) is 2. The quantitative estimate of drug-likeness (QED) is 0.563. The van der Waals surface area contributed by atoms with E-state index in [0.717, 1.165) is 19.1 Å². The normalized spacial score (nSPS) is 26.9. The molecule has 94 valence electrons. The van der Waals surface area contributed by atoms with E-state index in [1.165, 1.54) is 12.8 Å². The van der Waals surface area contributed by atoms with E-state index < -0.39 is 0 Å². The maximum absolute atomic E-state index is 5.85. The monoisotopic (exact) mass is 227 g/mol. The molecule has 2 atom stereocenters. The van der Waals surface area contributed by atoms with E-state index >= 15 is 0 Å². The molecule has 4 heteroatoms. The highest BCUT2D eigenvalue weighted by Gasteiger charge is 2.28. The molecule has 2 unspecified atom stereocenters. The van der Waals surface area contributed by atoms with Crippen LogP contribution in [0.15, 0.2) is 4.99 Å². The van der Waals surface area contributed by atoms with Crippen LogP contribution in [0.5, 0.6) is 0 Å². The van der Waals surface area contributed by atoms with E-state index in [-0.39, 0.29) is 0 Å². The van der Waals surface area contributed by atoms with Crippen molar-refractivity contribution in [3.8, 4) is 0 Å². The molecule has 0 saturated carbocycles. The van der Waals surface area contributed by atoms with Gasteiger partial charge < -0.3 is 15.4 Å². The predicted molar refractivity (Wildman–Crippen MR) is 67.7 cm³/mol. The second kappa shape index (κ2) is 6.74. The topological polar surface area (TPSA) is 45.7 Å². The van der Waals surface area contributed by atoms with Crippen LogP contribution < -0.4 is 10.6 Å². The van der Waals surface area contributed by atoms with E-state index in [0.29, 0.717) is 17.9 Å². The van der Waals surface area contributed by atoms with Gasteiger partial charge in [-0.2, -0.15) is 0 Å². The molecule has 0 aromatic carbocycles. The molecule has 1 aliphatic rings. The summed E-state index contributed by atoms with van der Waals surface area (Å²) < 4.78 is 5.85. The molecule has 0 aromatic rings. The Kier molecular flexibility index (Phi) is 5.60. The second-order valence-corrected chi connectivity index (χ2v) is 4.68. The van der Waals surface area contributed by atoms with Gasteiger partial charge in [0.05, 0.1) is 6.10 Å². The van der Waals surface area contributed by atoms with Gasteiger partial charge in [0.15, 0.2) is 5.96 Å². The summed E-state index contributed by atoms with van der Waals surface area (Å²) >= 11 is 0. The van der Waals surface area contributed by atoms with Gasteiger partial charge >= 0.3 is 0 Å². The van der Waals surface area contributed by atoms with Crippen LogP contribution in [0.1, 0.15) is 26.7 Å². The maximum Gasteiger partial charge on any atom is 0.190 e. The van der Waals surface area contributed by atoms with Crippen molar-refractivity contribution >= 4 is 5.96 Å². The van der Waals surface area contributed by atoms with Crippen LogP contribution in [0.2, 0.25) is 0 Å². The van der Waals surface area contributed by atoms with Gasteiger partial charge in [-0.05, 0) is 18.8 Å². The van der Waals surface area contributed by atoms with E-state index in [9.17, 15) is 0 Å². The molecule has 16 heavy (non-hydrogen) atoms. The van der Waals surface area contributed by atoms with Crippen LogP contribution in [0.3, 0.4) is 0 Å². The van der Waals surface area contributed by atoms with Crippen molar-refractivity contribution in [2.75, 3.05) is 27.2 Å². The van der Waals surface area contributed by atoms with Crippen molar-refractivity contribution in [3.63, 3.8) is 0 Å². The molecule has 2 N–H and O–H groups in total. The first-order valence-electron chi connectivity index (χ1n) is 6.19. The van der Waals surface area contributed by atoms with Crippen molar-refractivity contribution in [2.45, 2.75) is 32.8 Å². The molecule has 0 radical (unpaired) electrons. The zero-order valence-electron chi connectivity index (χ0n) is 10.9. The average molecular weight is 227 g/mol. The van der Waals surface area contributed by atoms with Crippen molar-refractivity contribution in [2.24, 2.45) is 16.8 Å². The van der Waals surface area contributed by atoms with Crippen LogP contribution >= 0.6 is 0 Å². The number of hydrogen-bond donors (Lipinski definition) is 2. The molecule has 1 heterocycles. The summed E-state index contributed by atoms with van der Waals surface area (Å²) in [7, 11) is 3.67. The first kappa shape index (κ1) is 13.3. The first-order chi connectivity index (χ1) is 7.69. The minimum Gasteiger partial charge on any atom is -0.378 e. The number of aliphatic imine (C=N–C) groups is 1.